The molecular formula is C18H23FN4O4. The summed E-state index contributed by atoms with van der Waals surface area (Å²) in [5.41, 5.74) is 7.24. The van der Waals surface area contributed by atoms with E-state index in [4.69, 9.17) is 15.2 Å². The zero-order chi connectivity index (χ0) is 19.1. The number of anilines is 2. The van der Waals surface area contributed by atoms with Gasteiger partial charge in [-0.05, 0) is 12.1 Å². The molecule has 1 aromatic rings. The second kappa shape index (κ2) is 6.97. The number of halogens is 1. The summed E-state index contributed by atoms with van der Waals surface area (Å²) in [5, 5.41) is 2.67. The van der Waals surface area contributed by atoms with E-state index in [-0.39, 0.29) is 30.4 Å². The van der Waals surface area contributed by atoms with Gasteiger partial charge in [0.1, 0.15) is 6.10 Å². The molecule has 0 bridgehead atoms. The zero-order valence-corrected chi connectivity index (χ0v) is 15.1. The molecule has 4 rings (SSSR count). The minimum Gasteiger partial charge on any atom is -0.442 e. The van der Waals surface area contributed by atoms with Gasteiger partial charge in [-0.1, -0.05) is 0 Å². The summed E-state index contributed by atoms with van der Waals surface area (Å²) in [7, 11) is 0. The molecule has 0 aromatic heterocycles. The van der Waals surface area contributed by atoms with Crippen molar-refractivity contribution < 1.29 is 23.5 Å². The number of carbonyl (C=O) groups excluding carboxylic acids is 2. The lowest BCUT2D eigenvalue weighted by Gasteiger charge is -2.34. The van der Waals surface area contributed by atoms with Gasteiger partial charge in [-0.25, -0.2) is 9.18 Å². The largest absolute Gasteiger partial charge is 0.442 e. The van der Waals surface area contributed by atoms with Crippen molar-refractivity contribution in [3.05, 3.63) is 23.5 Å². The number of fused-ring (bicyclic) bond motifs is 3. The van der Waals surface area contributed by atoms with Gasteiger partial charge >= 0.3 is 6.09 Å². The third-order valence-corrected chi connectivity index (χ3v) is 5.38. The van der Waals surface area contributed by atoms with Crippen LogP contribution in [0.15, 0.2) is 12.1 Å². The van der Waals surface area contributed by atoms with Crippen LogP contribution < -0.4 is 20.9 Å². The summed E-state index contributed by atoms with van der Waals surface area (Å²) in [6.07, 6.45) is -0.764. The quantitative estimate of drug-likeness (QED) is 0.786. The molecule has 0 spiro atoms. The predicted octanol–water partition coefficient (Wildman–Crippen LogP) is 0.376. The van der Waals surface area contributed by atoms with E-state index in [1.807, 2.05) is 4.90 Å². The Kier molecular flexibility index (Phi) is 4.65. The van der Waals surface area contributed by atoms with Gasteiger partial charge in [-0.2, -0.15) is 0 Å². The van der Waals surface area contributed by atoms with E-state index in [1.165, 1.54) is 11.8 Å². The molecule has 9 heteroatoms. The maximum Gasteiger partial charge on any atom is 0.415 e. The van der Waals surface area contributed by atoms with E-state index < -0.39 is 12.2 Å². The number of morpholine rings is 1. The fourth-order valence-corrected chi connectivity index (χ4v) is 4.04. The normalized spacial score (nSPS) is 26.6. The highest BCUT2D eigenvalue weighted by Gasteiger charge is 2.48. The van der Waals surface area contributed by atoms with Crippen LogP contribution in [0, 0.1) is 5.82 Å². The predicted molar refractivity (Wildman–Crippen MR) is 96.3 cm³/mol. The topological polar surface area (TPSA) is 97.1 Å². The summed E-state index contributed by atoms with van der Waals surface area (Å²) in [6.45, 7) is 3.63. The number of nitrogens with one attached hydrogen (secondary N) is 1. The lowest BCUT2D eigenvalue weighted by molar-refractivity contribution is -0.119. The molecule has 27 heavy (non-hydrogen) atoms. The van der Waals surface area contributed by atoms with Crippen molar-refractivity contribution in [2.75, 3.05) is 42.6 Å². The van der Waals surface area contributed by atoms with Crippen LogP contribution in [0.1, 0.15) is 12.5 Å². The van der Waals surface area contributed by atoms with E-state index in [0.29, 0.717) is 49.6 Å². The van der Waals surface area contributed by atoms with E-state index in [1.54, 1.807) is 12.1 Å². The summed E-state index contributed by atoms with van der Waals surface area (Å²) < 4.78 is 26.2. The first kappa shape index (κ1) is 18.0. The van der Waals surface area contributed by atoms with Gasteiger partial charge in [0.2, 0.25) is 5.91 Å². The first-order valence-corrected chi connectivity index (χ1v) is 9.12. The van der Waals surface area contributed by atoms with E-state index in [0.717, 1.165) is 0 Å². The Labute approximate surface area is 156 Å². The monoisotopic (exact) mass is 378 g/mol. The molecule has 3 heterocycles. The number of nitrogens with two attached hydrogens (primary N) is 1. The summed E-state index contributed by atoms with van der Waals surface area (Å²) in [4.78, 5) is 26.9. The van der Waals surface area contributed by atoms with Crippen molar-refractivity contribution >= 4 is 23.4 Å². The van der Waals surface area contributed by atoms with Gasteiger partial charge in [0.15, 0.2) is 5.82 Å². The lowest BCUT2D eigenvalue weighted by atomic mass is 10.0. The molecule has 1 aromatic carbocycles. The number of hydrogen-bond acceptors (Lipinski definition) is 6. The number of carbonyl (C=O) groups is 2. The maximum absolute atomic E-state index is 15.3. The van der Waals surface area contributed by atoms with Gasteiger partial charge in [-0.15, -0.1) is 0 Å². The van der Waals surface area contributed by atoms with Crippen LogP contribution in [0.25, 0.3) is 0 Å². The Hall–Kier alpha value is -2.39. The molecule has 146 valence electrons. The number of hydrogen-bond donors (Lipinski definition) is 2. The summed E-state index contributed by atoms with van der Waals surface area (Å²) >= 11 is 0. The van der Waals surface area contributed by atoms with Gasteiger partial charge in [-0.3, -0.25) is 9.69 Å². The van der Waals surface area contributed by atoms with Gasteiger partial charge in [0.25, 0.3) is 0 Å². The van der Waals surface area contributed by atoms with Crippen LogP contribution >= 0.6 is 0 Å². The summed E-state index contributed by atoms with van der Waals surface area (Å²) in [6, 6.07) is 3.15. The standard InChI is InChI=1S/C18H23FN4O4/c1-10(24)21-8-16-15-6-12-13(23(15)18(25)27-16)2-3-14(17(12)19)22-4-5-26-11(7-20)9-22/h2-3,11,15-16H,4-9,20H2,1H3,(H,21,24)/t11-,15+,16+/m1/s1. The Balaban J connectivity index is 1.59. The number of nitrogens with zero attached hydrogens (tertiary/aromatic N) is 2. The Bertz CT molecular complexity index is 774. The minimum absolute atomic E-state index is 0.119. The smallest absolute Gasteiger partial charge is 0.415 e. The molecule has 0 unspecified atom stereocenters. The van der Waals surface area contributed by atoms with E-state index in [2.05, 4.69) is 5.32 Å². The van der Waals surface area contributed by atoms with Crippen molar-refractivity contribution in [1.82, 2.24) is 5.32 Å². The van der Waals surface area contributed by atoms with Crippen molar-refractivity contribution in [3.63, 3.8) is 0 Å². The Morgan fingerprint density at radius 3 is 2.93 bits per heavy atom. The highest BCUT2D eigenvalue weighted by molar-refractivity contribution is 5.94. The van der Waals surface area contributed by atoms with Crippen LogP contribution in [0.3, 0.4) is 0 Å². The number of benzene rings is 1. The Morgan fingerprint density at radius 2 is 2.19 bits per heavy atom. The molecule has 2 fully saturated rings. The van der Waals surface area contributed by atoms with Crippen LogP contribution in [0.5, 0.6) is 0 Å². The van der Waals surface area contributed by atoms with Crippen LogP contribution in [-0.4, -0.2) is 63.0 Å². The van der Waals surface area contributed by atoms with Crippen LogP contribution in [0.2, 0.25) is 0 Å². The molecular weight excluding hydrogens is 355 g/mol. The molecule has 0 saturated carbocycles. The molecule has 3 atom stereocenters. The second-order valence-corrected chi connectivity index (χ2v) is 7.07. The van der Waals surface area contributed by atoms with Gasteiger partial charge in [0, 0.05) is 38.5 Å². The van der Waals surface area contributed by atoms with Crippen LogP contribution in [0.4, 0.5) is 20.6 Å². The lowest BCUT2D eigenvalue weighted by Crippen LogP contribution is -2.46. The Morgan fingerprint density at radius 1 is 1.41 bits per heavy atom. The average molecular weight is 378 g/mol. The second-order valence-electron chi connectivity index (χ2n) is 7.07. The molecule has 3 aliphatic rings. The average Bonchev–Trinajstić information content (AvgIpc) is 3.19. The summed E-state index contributed by atoms with van der Waals surface area (Å²) in [5.74, 6) is -0.513. The molecule has 0 aliphatic carbocycles. The number of rotatable bonds is 4. The molecule has 2 amide bonds. The SMILES string of the molecule is CC(=O)NC[C@@H]1OC(=O)N2c3ccc(N4CCO[C@H](CN)C4)c(F)c3C[C@@H]12. The van der Waals surface area contributed by atoms with Crippen molar-refractivity contribution in [2.45, 2.75) is 31.6 Å². The maximum atomic E-state index is 15.3. The molecule has 2 saturated heterocycles. The van der Waals surface area contributed by atoms with Gasteiger partial charge < -0.3 is 25.4 Å². The molecule has 3 N–H and O–H groups in total. The molecule has 0 radical (unpaired) electrons. The van der Waals surface area contributed by atoms with Crippen molar-refractivity contribution in [3.8, 4) is 0 Å². The highest BCUT2D eigenvalue weighted by atomic mass is 19.1. The first-order chi connectivity index (χ1) is 13.0. The van der Waals surface area contributed by atoms with E-state index >= 15 is 4.39 Å². The number of amides is 2. The van der Waals surface area contributed by atoms with Gasteiger partial charge in [0.05, 0.1) is 36.7 Å². The fraction of sp³-hybridized carbons (Fsp3) is 0.556. The van der Waals surface area contributed by atoms with Crippen LogP contribution in [-0.2, 0) is 20.7 Å². The highest BCUT2D eigenvalue weighted by Crippen LogP contribution is 2.42. The molecule has 3 aliphatic heterocycles. The number of cyclic esters (lactones) is 1. The van der Waals surface area contributed by atoms with Crippen molar-refractivity contribution in [2.24, 2.45) is 5.73 Å². The molecule has 8 nitrogen and oxygen atoms in total. The zero-order valence-electron chi connectivity index (χ0n) is 15.1. The number of ether oxygens (including phenoxy) is 2. The third-order valence-electron chi connectivity index (χ3n) is 5.38. The van der Waals surface area contributed by atoms with E-state index in [9.17, 15) is 9.59 Å². The third kappa shape index (κ3) is 3.10. The first-order valence-electron chi connectivity index (χ1n) is 9.12. The minimum atomic E-state index is -0.504. The fourth-order valence-electron chi connectivity index (χ4n) is 4.04. The van der Waals surface area contributed by atoms with Crippen molar-refractivity contribution in [1.29, 1.82) is 0 Å².